The molecule has 1 aromatic carbocycles. The fourth-order valence-electron chi connectivity index (χ4n) is 2.43. The molecular formula is C16H19N. The number of hydrogen-bond acceptors (Lipinski definition) is 1. The van der Waals surface area contributed by atoms with Gasteiger partial charge in [-0.25, -0.2) is 0 Å². The molecule has 0 aliphatic heterocycles. The van der Waals surface area contributed by atoms with E-state index < -0.39 is 0 Å². The molecule has 0 radical (unpaired) electrons. The van der Waals surface area contributed by atoms with Gasteiger partial charge in [-0.05, 0) is 48.3 Å². The largest absolute Gasteiger partial charge is 0.192 e. The number of allylic oxidation sites excluding steroid dienone is 2. The number of aryl methyl sites for hydroxylation is 2. The van der Waals surface area contributed by atoms with E-state index in [4.69, 9.17) is 0 Å². The van der Waals surface area contributed by atoms with Gasteiger partial charge in [-0.2, -0.15) is 5.26 Å². The Hall–Kier alpha value is -1.55. The van der Waals surface area contributed by atoms with Gasteiger partial charge in [-0.1, -0.05) is 38.1 Å². The molecule has 0 bridgehead atoms. The highest BCUT2D eigenvalue weighted by Crippen LogP contribution is 2.25. The topological polar surface area (TPSA) is 23.8 Å². The van der Waals surface area contributed by atoms with Crippen LogP contribution in [-0.2, 0) is 12.8 Å². The molecule has 0 amide bonds. The van der Waals surface area contributed by atoms with Crippen LogP contribution in [0.4, 0.5) is 0 Å². The Bertz CT molecular complexity index is 475. The van der Waals surface area contributed by atoms with Gasteiger partial charge < -0.3 is 0 Å². The van der Waals surface area contributed by atoms with Gasteiger partial charge in [0.1, 0.15) is 0 Å². The molecule has 0 saturated carbocycles. The van der Waals surface area contributed by atoms with Crippen LogP contribution in [0.15, 0.2) is 24.3 Å². The van der Waals surface area contributed by atoms with Gasteiger partial charge in [-0.3, -0.25) is 0 Å². The van der Waals surface area contributed by atoms with Crippen LogP contribution < -0.4 is 0 Å². The van der Waals surface area contributed by atoms with Crippen molar-refractivity contribution in [1.29, 1.82) is 5.26 Å². The van der Waals surface area contributed by atoms with Gasteiger partial charge >= 0.3 is 0 Å². The third-order valence-corrected chi connectivity index (χ3v) is 3.28. The first-order valence-electron chi connectivity index (χ1n) is 6.45. The van der Waals surface area contributed by atoms with E-state index in [9.17, 15) is 5.26 Å². The Morgan fingerprint density at radius 3 is 2.59 bits per heavy atom. The molecule has 0 N–H and O–H groups in total. The molecule has 0 heterocycles. The molecule has 0 aromatic heterocycles. The van der Waals surface area contributed by atoms with Gasteiger partial charge in [0.25, 0.3) is 0 Å². The molecule has 0 unspecified atom stereocenters. The lowest BCUT2D eigenvalue weighted by molar-refractivity contribution is 0.685. The predicted molar refractivity (Wildman–Crippen MR) is 71.5 cm³/mol. The lowest BCUT2D eigenvalue weighted by Gasteiger charge is -2.16. The quantitative estimate of drug-likeness (QED) is 0.694. The first-order valence-corrected chi connectivity index (χ1v) is 6.45. The summed E-state index contributed by atoms with van der Waals surface area (Å²) in [5.41, 5.74) is 4.82. The Morgan fingerprint density at radius 1 is 1.24 bits per heavy atom. The maximum Gasteiger partial charge on any atom is 0.0994 e. The van der Waals surface area contributed by atoms with Crippen molar-refractivity contribution in [3.05, 3.63) is 41.0 Å². The molecule has 1 aromatic rings. The summed E-state index contributed by atoms with van der Waals surface area (Å²) in [6.07, 6.45) is 7.00. The van der Waals surface area contributed by atoms with Crippen molar-refractivity contribution < 1.29 is 0 Å². The van der Waals surface area contributed by atoms with Crippen molar-refractivity contribution in [2.45, 2.75) is 39.5 Å². The SMILES string of the molecule is CC(C)/C=C(\C#N)c1ccc2c(c1)CCCC2. The smallest absolute Gasteiger partial charge is 0.0994 e. The second-order valence-electron chi connectivity index (χ2n) is 5.13. The Morgan fingerprint density at radius 2 is 1.94 bits per heavy atom. The summed E-state index contributed by atoms with van der Waals surface area (Å²) in [5.74, 6) is 0.417. The van der Waals surface area contributed by atoms with Crippen LogP contribution in [0.25, 0.3) is 5.57 Å². The average Bonchev–Trinajstić information content (AvgIpc) is 2.35. The number of hydrogen-bond donors (Lipinski definition) is 0. The molecule has 2 rings (SSSR count). The summed E-state index contributed by atoms with van der Waals surface area (Å²) in [6, 6.07) is 8.83. The van der Waals surface area contributed by atoms with Crippen LogP contribution in [-0.4, -0.2) is 0 Å². The summed E-state index contributed by atoms with van der Waals surface area (Å²) in [7, 11) is 0. The maximum absolute atomic E-state index is 9.21. The molecule has 1 heteroatoms. The first kappa shape index (κ1) is 11.9. The molecule has 1 nitrogen and oxygen atoms in total. The van der Waals surface area contributed by atoms with E-state index in [2.05, 4.69) is 38.1 Å². The minimum Gasteiger partial charge on any atom is -0.192 e. The van der Waals surface area contributed by atoms with Crippen LogP contribution in [0.1, 0.15) is 43.4 Å². The molecule has 0 fully saturated rings. The summed E-state index contributed by atoms with van der Waals surface area (Å²) in [4.78, 5) is 0. The third-order valence-electron chi connectivity index (χ3n) is 3.28. The molecule has 0 atom stereocenters. The molecule has 17 heavy (non-hydrogen) atoms. The highest BCUT2D eigenvalue weighted by molar-refractivity contribution is 5.77. The lowest BCUT2D eigenvalue weighted by Crippen LogP contribution is -2.03. The zero-order chi connectivity index (χ0) is 12.3. The molecule has 1 aliphatic rings. The van der Waals surface area contributed by atoms with E-state index in [0.29, 0.717) is 5.92 Å². The van der Waals surface area contributed by atoms with Gasteiger partial charge in [-0.15, -0.1) is 0 Å². The maximum atomic E-state index is 9.21. The Kier molecular flexibility index (Phi) is 3.64. The van der Waals surface area contributed by atoms with E-state index in [0.717, 1.165) is 11.1 Å². The molecule has 88 valence electrons. The van der Waals surface area contributed by atoms with E-state index in [1.54, 1.807) is 0 Å². The number of nitriles is 1. The minimum absolute atomic E-state index is 0.417. The lowest BCUT2D eigenvalue weighted by atomic mass is 9.89. The zero-order valence-corrected chi connectivity index (χ0v) is 10.7. The van der Waals surface area contributed by atoms with Gasteiger partial charge in [0.2, 0.25) is 0 Å². The molecule has 0 spiro atoms. The predicted octanol–water partition coefficient (Wildman–Crippen LogP) is 4.13. The van der Waals surface area contributed by atoms with E-state index in [1.807, 2.05) is 6.08 Å². The highest BCUT2D eigenvalue weighted by atomic mass is 14.3. The molecular weight excluding hydrogens is 206 g/mol. The van der Waals surface area contributed by atoms with E-state index in [1.165, 1.54) is 36.8 Å². The Labute approximate surface area is 104 Å². The standard InChI is InChI=1S/C16H19N/c1-12(2)9-16(11-17)15-8-7-13-5-3-4-6-14(13)10-15/h7-10,12H,3-6H2,1-2H3/b16-9+. The fraction of sp³-hybridized carbons (Fsp3) is 0.438. The molecule has 1 aliphatic carbocycles. The van der Waals surface area contributed by atoms with E-state index >= 15 is 0 Å². The van der Waals surface area contributed by atoms with Gasteiger partial charge in [0.15, 0.2) is 0 Å². The summed E-state index contributed by atoms with van der Waals surface area (Å²) < 4.78 is 0. The first-order chi connectivity index (χ1) is 8.20. The monoisotopic (exact) mass is 225 g/mol. The second-order valence-corrected chi connectivity index (χ2v) is 5.13. The summed E-state index contributed by atoms with van der Waals surface area (Å²) >= 11 is 0. The van der Waals surface area contributed by atoms with Crippen LogP contribution in [0.3, 0.4) is 0 Å². The minimum atomic E-state index is 0.417. The molecule has 0 saturated heterocycles. The van der Waals surface area contributed by atoms with Gasteiger partial charge in [0.05, 0.1) is 11.6 Å². The number of nitrogens with zero attached hydrogens (tertiary/aromatic N) is 1. The van der Waals surface area contributed by atoms with E-state index in [-0.39, 0.29) is 0 Å². The van der Waals surface area contributed by atoms with Crippen molar-refractivity contribution in [3.63, 3.8) is 0 Å². The number of benzene rings is 1. The zero-order valence-electron chi connectivity index (χ0n) is 10.7. The fourth-order valence-corrected chi connectivity index (χ4v) is 2.43. The third kappa shape index (κ3) is 2.77. The van der Waals surface area contributed by atoms with Crippen molar-refractivity contribution in [2.75, 3.05) is 0 Å². The van der Waals surface area contributed by atoms with Crippen molar-refractivity contribution in [1.82, 2.24) is 0 Å². The Balaban J connectivity index is 2.36. The van der Waals surface area contributed by atoms with Crippen molar-refractivity contribution in [3.8, 4) is 6.07 Å². The highest BCUT2D eigenvalue weighted by Gasteiger charge is 2.11. The van der Waals surface area contributed by atoms with Crippen molar-refractivity contribution >= 4 is 5.57 Å². The van der Waals surface area contributed by atoms with Gasteiger partial charge in [0, 0.05) is 0 Å². The van der Waals surface area contributed by atoms with Crippen molar-refractivity contribution in [2.24, 2.45) is 5.92 Å². The number of fused-ring (bicyclic) bond motifs is 1. The summed E-state index contributed by atoms with van der Waals surface area (Å²) in [6.45, 7) is 4.21. The summed E-state index contributed by atoms with van der Waals surface area (Å²) in [5, 5.41) is 9.21. The van der Waals surface area contributed by atoms with Crippen LogP contribution in [0.2, 0.25) is 0 Å². The van der Waals surface area contributed by atoms with Crippen LogP contribution >= 0.6 is 0 Å². The number of rotatable bonds is 2. The van der Waals surface area contributed by atoms with Crippen LogP contribution in [0.5, 0.6) is 0 Å². The van der Waals surface area contributed by atoms with Crippen LogP contribution in [0, 0.1) is 17.2 Å². The average molecular weight is 225 g/mol. The normalized spacial score (nSPS) is 15.5. The second kappa shape index (κ2) is 5.19.